The van der Waals surface area contributed by atoms with Crippen LogP contribution in [0.4, 0.5) is 0 Å². The number of rotatable bonds is 8. The number of benzene rings is 2. The standard InChI is InChI=1S/C19H21BrO3/c1-3-14(2)16-6-4-5-7-18(16)22-10-11-23-19-9-8-15(13-21)12-17(19)20/h4-9,12-14H,3,10-11H2,1-2H3/t14-/m0/s1. The van der Waals surface area contributed by atoms with E-state index >= 15 is 0 Å². The van der Waals surface area contributed by atoms with Gasteiger partial charge in [0.15, 0.2) is 0 Å². The van der Waals surface area contributed by atoms with Crippen molar-refractivity contribution >= 4 is 22.2 Å². The number of halogens is 1. The van der Waals surface area contributed by atoms with Gasteiger partial charge in [0.25, 0.3) is 0 Å². The topological polar surface area (TPSA) is 35.5 Å². The van der Waals surface area contributed by atoms with Crippen LogP contribution in [0.15, 0.2) is 46.9 Å². The smallest absolute Gasteiger partial charge is 0.150 e. The normalized spacial score (nSPS) is 11.8. The van der Waals surface area contributed by atoms with E-state index in [-0.39, 0.29) is 0 Å². The Labute approximate surface area is 145 Å². The third kappa shape index (κ3) is 4.83. The first-order chi connectivity index (χ1) is 11.2. The molecule has 0 saturated heterocycles. The van der Waals surface area contributed by atoms with Crippen LogP contribution >= 0.6 is 15.9 Å². The molecule has 0 radical (unpaired) electrons. The Hall–Kier alpha value is -1.81. The Morgan fingerprint density at radius 2 is 1.78 bits per heavy atom. The van der Waals surface area contributed by atoms with Gasteiger partial charge in [0.1, 0.15) is 31.0 Å². The Morgan fingerprint density at radius 3 is 2.43 bits per heavy atom. The minimum Gasteiger partial charge on any atom is -0.490 e. The number of aldehydes is 1. The maximum absolute atomic E-state index is 10.7. The molecule has 2 aromatic rings. The molecule has 0 unspecified atom stereocenters. The van der Waals surface area contributed by atoms with E-state index in [1.54, 1.807) is 18.2 Å². The number of carbonyl (C=O) groups is 1. The quantitative estimate of drug-likeness (QED) is 0.467. The van der Waals surface area contributed by atoms with Crippen LogP contribution in [0.25, 0.3) is 0 Å². The highest BCUT2D eigenvalue weighted by molar-refractivity contribution is 9.10. The van der Waals surface area contributed by atoms with E-state index in [1.165, 1.54) is 5.56 Å². The summed E-state index contributed by atoms with van der Waals surface area (Å²) in [5.41, 5.74) is 1.84. The van der Waals surface area contributed by atoms with Crippen LogP contribution in [0.5, 0.6) is 11.5 Å². The Kier molecular flexibility index (Phi) is 6.66. The van der Waals surface area contributed by atoms with Gasteiger partial charge in [0.05, 0.1) is 4.47 Å². The molecule has 0 aromatic heterocycles. The molecule has 0 amide bonds. The average molecular weight is 377 g/mol. The van der Waals surface area contributed by atoms with E-state index in [0.29, 0.717) is 30.4 Å². The van der Waals surface area contributed by atoms with Gasteiger partial charge in [0.2, 0.25) is 0 Å². The van der Waals surface area contributed by atoms with Crippen molar-refractivity contribution in [2.45, 2.75) is 26.2 Å². The highest BCUT2D eigenvalue weighted by Crippen LogP contribution is 2.29. The third-order valence-corrected chi connectivity index (χ3v) is 4.37. The summed E-state index contributed by atoms with van der Waals surface area (Å²) in [7, 11) is 0. The van der Waals surface area contributed by atoms with Crippen LogP contribution in [-0.2, 0) is 0 Å². The molecule has 0 N–H and O–H groups in total. The maximum Gasteiger partial charge on any atom is 0.150 e. The van der Waals surface area contributed by atoms with Crippen LogP contribution in [-0.4, -0.2) is 19.5 Å². The number of carbonyl (C=O) groups excluding carboxylic acids is 1. The van der Waals surface area contributed by atoms with Crippen molar-refractivity contribution in [1.29, 1.82) is 0 Å². The van der Waals surface area contributed by atoms with Crippen LogP contribution in [0.1, 0.15) is 42.1 Å². The fraction of sp³-hybridized carbons (Fsp3) is 0.316. The van der Waals surface area contributed by atoms with E-state index in [0.717, 1.165) is 22.9 Å². The molecule has 0 saturated carbocycles. The number of hydrogen-bond acceptors (Lipinski definition) is 3. The number of ether oxygens (including phenoxy) is 2. The third-order valence-electron chi connectivity index (χ3n) is 3.75. The zero-order chi connectivity index (χ0) is 16.7. The van der Waals surface area contributed by atoms with Gasteiger partial charge in [-0.05, 0) is 58.1 Å². The molecule has 2 aromatic carbocycles. The Morgan fingerprint density at radius 1 is 1.09 bits per heavy atom. The molecule has 0 fully saturated rings. The molecule has 0 aliphatic heterocycles. The van der Waals surface area contributed by atoms with Crippen molar-refractivity contribution in [2.24, 2.45) is 0 Å². The highest BCUT2D eigenvalue weighted by Gasteiger charge is 2.09. The summed E-state index contributed by atoms with van der Waals surface area (Å²) < 4.78 is 12.3. The summed E-state index contributed by atoms with van der Waals surface area (Å²) in [5, 5.41) is 0. The van der Waals surface area contributed by atoms with Gasteiger partial charge in [-0.1, -0.05) is 32.0 Å². The van der Waals surface area contributed by atoms with Crippen molar-refractivity contribution in [1.82, 2.24) is 0 Å². The molecular formula is C19H21BrO3. The Balaban J connectivity index is 1.90. The van der Waals surface area contributed by atoms with Crippen LogP contribution in [0.2, 0.25) is 0 Å². The van der Waals surface area contributed by atoms with Crippen LogP contribution in [0, 0.1) is 0 Å². The van der Waals surface area contributed by atoms with Crippen molar-refractivity contribution in [3.63, 3.8) is 0 Å². The van der Waals surface area contributed by atoms with Crippen molar-refractivity contribution < 1.29 is 14.3 Å². The summed E-state index contributed by atoms with van der Waals surface area (Å²) >= 11 is 3.40. The van der Waals surface area contributed by atoms with E-state index in [4.69, 9.17) is 9.47 Å². The lowest BCUT2D eigenvalue weighted by molar-refractivity contribution is 0.112. The minimum atomic E-state index is 0.438. The van der Waals surface area contributed by atoms with Crippen LogP contribution in [0.3, 0.4) is 0 Å². The summed E-state index contributed by atoms with van der Waals surface area (Å²) in [6.45, 7) is 5.28. The van der Waals surface area contributed by atoms with Gasteiger partial charge in [-0.25, -0.2) is 0 Å². The molecule has 1 atom stereocenters. The van der Waals surface area contributed by atoms with Gasteiger partial charge in [-0.15, -0.1) is 0 Å². The van der Waals surface area contributed by atoms with Crippen LogP contribution < -0.4 is 9.47 Å². The summed E-state index contributed by atoms with van der Waals surface area (Å²) in [4.78, 5) is 10.7. The molecule has 2 rings (SSSR count). The molecular weight excluding hydrogens is 356 g/mol. The minimum absolute atomic E-state index is 0.438. The molecule has 0 spiro atoms. The predicted octanol–water partition coefficient (Wildman–Crippen LogP) is 5.23. The molecule has 0 aliphatic rings. The zero-order valence-electron chi connectivity index (χ0n) is 13.4. The first-order valence-electron chi connectivity index (χ1n) is 7.75. The van der Waals surface area contributed by atoms with Crippen molar-refractivity contribution in [3.8, 4) is 11.5 Å². The average Bonchev–Trinajstić information content (AvgIpc) is 2.59. The molecule has 23 heavy (non-hydrogen) atoms. The second kappa shape index (κ2) is 8.73. The fourth-order valence-electron chi connectivity index (χ4n) is 2.25. The van der Waals surface area contributed by atoms with Gasteiger partial charge in [-0.3, -0.25) is 4.79 Å². The van der Waals surface area contributed by atoms with Gasteiger partial charge in [0, 0.05) is 5.56 Å². The fourth-order valence-corrected chi connectivity index (χ4v) is 2.76. The lowest BCUT2D eigenvalue weighted by Gasteiger charge is -2.16. The first kappa shape index (κ1) is 17.5. The molecule has 3 nitrogen and oxygen atoms in total. The SMILES string of the molecule is CC[C@H](C)c1ccccc1OCCOc1ccc(C=O)cc1Br. The molecule has 4 heteroatoms. The summed E-state index contributed by atoms with van der Waals surface area (Å²) in [6.07, 6.45) is 1.89. The van der Waals surface area contributed by atoms with Crippen molar-refractivity contribution in [2.75, 3.05) is 13.2 Å². The maximum atomic E-state index is 10.7. The van der Waals surface area contributed by atoms with E-state index in [2.05, 4.69) is 35.8 Å². The summed E-state index contributed by atoms with van der Waals surface area (Å²) in [6, 6.07) is 13.4. The molecule has 0 heterocycles. The zero-order valence-corrected chi connectivity index (χ0v) is 15.0. The lowest BCUT2D eigenvalue weighted by atomic mass is 9.98. The van der Waals surface area contributed by atoms with Gasteiger partial charge in [-0.2, -0.15) is 0 Å². The highest BCUT2D eigenvalue weighted by atomic mass is 79.9. The van der Waals surface area contributed by atoms with Crippen molar-refractivity contribution in [3.05, 3.63) is 58.1 Å². The Bertz CT molecular complexity index is 655. The molecule has 0 bridgehead atoms. The summed E-state index contributed by atoms with van der Waals surface area (Å²) in [5.74, 6) is 2.09. The van der Waals surface area contributed by atoms with Gasteiger partial charge >= 0.3 is 0 Å². The number of hydrogen-bond donors (Lipinski definition) is 0. The van der Waals surface area contributed by atoms with E-state index in [1.807, 2.05) is 18.2 Å². The van der Waals surface area contributed by atoms with E-state index < -0.39 is 0 Å². The van der Waals surface area contributed by atoms with E-state index in [9.17, 15) is 4.79 Å². The van der Waals surface area contributed by atoms with Gasteiger partial charge < -0.3 is 9.47 Å². The monoisotopic (exact) mass is 376 g/mol. The second-order valence-corrected chi connectivity index (χ2v) is 6.21. The predicted molar refractivity (Wildman–Crippen MR) is 95.7 cm³/mol. The lowest BCUT2D eigenvalue weighted by Crippen LogP contribution is -2.10. The second-order valence-electron chi connectivity index (χ2n) is 5.35. The molecule has 0 aliphatic carbocycles. The first-order valence-corrected chi connectivity index (χ1v) is 8.54. The number of para-hydroxylation sites is 1. The molecule has 122 valence electrons. The largest absolute Gasteiger partial charge is 0.490 e.